The predicted molar refractivity (Wildman–Crippen MR) is 153 cm³/mol. The van der Waals surface area contributed by atoms with Crippen molar-refractivity contribution in [3.05, 3.63) is 41.2 Å². The number of nitrogens with one attached hydrogen (secondary N) is 2. The molecule has 9 nitrogen and oxygen atoms in total. The van der Waals surface area contributed by atoms with E-state index < -0.39 is 21.4 Å². The Labute approximate surface area is 234 Å². The Balaban J connectivity index is 1.92. The van der Waals surface area contributed by atoms with Crippen LogP contribution in [0.3, 0.4) is 0 Å². The zero-order chi connectivity index (χ0) is 29.7. The second-order valence-electron chi connectivity index (χ2n) is 10.5. The lowest BCUT2D eigenvalue weighted by molar-refractivity contribution is -0.138. The van der Waals surface area contributed by atoms with Crippen molar-refractivity contribution in [2.45, 2.75) is 44.3 Å². The van der Waals surface area contributed by atoms with Crippen LogP contribution in [0.5, 0.6) is 5.75 Å². The lowest BCUT2D eigenvalue weighted by Crippen LogP contribution is -2.43. The van der Waals surface area contributed by atoms with Gasteiger partial charge >= 0.3 is 6.18 Å². The molecule has 1 heterocycles. The molecule has 1 aliphatic rings. The fraction of sp³-hybridized carbons (Fsp3) is 0.556. The van der Waals surface area contributed by atoms with E-state index in [9.17, 15) is 22.2 Å². The number of rotatable bonds is 11. The summed E-state index contributed by atoms with van der Waals surface area (Å²) in [6.45, 7) is 1.11. The van der Waals surface area contributed by atoms with Crippen LogP contribution in [0.4, 0.5) is 24.8 Å². The predicted octanol–water partition coefficient (Wildman–Crippen LogP) is 3.83. The number of carbonyl (C=O) groups excluding carboxylic acids is 1. The smallest absolute Gasteiger partial charge is 0.419 e. The molecule has 1 fully saturated rings. The number of likely N-dealkylation sites (N-methyl/N-ethyl adjacent to an activating group) is 1. The number of anilines is 2. The minimum atomic E-state index is -4.64. The first kappa shape index (κ1) is 31.6. The van der Waals surface area contributed by atoms with Crippen LogP contribution in [0, 0.1) is 5.92 Å². The third kappa shape index (κ3) is 8.31. The number of nitrogens with zero attached hydrogens (tertiary/aromatic N) is 4. The van der Waals surface area contributed by atoms with E-state index in [2.05, 4.69) is 26.5 Å². The lowest BCUT2D eigenvalue weighted by atomic mass is 9.81. The Morgan fingerprint density at radius 2 is 1.93 bits per heavy atom. The average molecular weight is 585 g/mol. The van der Waals surface area contributed by atoms with E-state index >= 15 is 0 Å². The molecule has 2 N–H and O–H groups in total. The molecule has 0 radical (unpaired) electrons. The topological polar surface area (TPSA) is 99.7 Å². The van der Waals surface area contributed by atoms with E-state index in [4.69, 9.17) is 4.74 Å². The Bertz CT molecular complexity index is 1290. The van der Waals surface area contributed by atoms with Gasteiger partial charge in [-0.25, -0.2) is 14.3 Å². The molecule has 1 saturated carbocycles. The van der Waals surface area contributed by atoms with Crippen molar-refractivity contribution in [2.75, 3.05) is 52.9 Å². The second kappa shape index (κ2) is 13.2. The van der Waals surface area contributed by atoms with Gasteiger partial charge in [-0.15, -0.1) is 0 Å². The van der Waals surface area contributed by atoms with E-state index in [-0.39, 0.29) is 35.9 Å². The maximum Gasteiger partial charge on any atom is 0.419 e. The summed E-state index contributed by atoms with van der Waals surface area (Å²) < 4.78 is 61.7. The van der Waals surface area contributed by atoms with Gasteiger partial charge in [-0.05, 0) is 70.4 Å². The number of alkyl halides is 3. The van der Waals surface area contributed by atoms with E-state index in [1.54, 1.807) is 29.6 Å². The maximum atomic E-state index is 14.0. The molecule has 1 amide bonds. The minimum absolute atomic E-state index is 0.0437. The molecule has 1 aromatic heterocycles. The van der Waals surface area contributed by atoms with Crippen molar-refractivity contribution in [1.29, 1.82) is 0 Å². The van der Waals surface area contributed by atoms with Crippen molar-refractivity contribution in [1.82, 2.24) is 24.5 Å². The third-order valence-corrected chi connectivity index (χ3v) is 8.62. The van der Waals surface area contributed by atoms with E-state index in [1.807, 2.05) is 19.0 Å². The molecular formula is C27H39F3N6O3S. The summed E-state index contributed by atoms with van der Waals surface area (Å²) in [5, 5.41) is 5.77. The van der Waals surface area contributed by atoms with Crippen LogP contribution in [0.2, 0.25) is 0 Å². The Morgan fingerprint density at radius 3 is 2.55 bits per heavy atom. The summed E-state index contributed by atoms with van der Waals surface area (Å²) in [4.78, 5) is 22.8. The van der Waals surface area contributed by atoms with E-state index in [0.717, 1.165) is 25.5 Å². The quantitative estimate of drug-likeness (QED) is 0.388. The van der Waals surface area contributed by atoms with Crippen molar-refractivity contribution < 1.29 is 26.9 Å². The molecule has 1 aliphatic carbocycles. The highest BCUT2D eigenvalue weighted by Crippen LogP contribution is 2.37. The van der Waals surface area contributed by atoms with Crippen molar-refractivity contribution in [2.24, 2.45) is 5.92 Å². The highest BCUT2D eigenvalue weighted by atomic mass is 32.2. The maximum absolute atomic E-state index is 14.0. The van der Waals surface area contributed by atoms with Crippen molar-refractivity contribution >= 4 is 33.1 Å². The third-order valence-electron chi connectivity index (χ3n) is 7.13. The first-order valence-electron chi connectivity index (χ1n) is 13.1. The first-order chi connectivity index (χ1) is 18.7. The molecule has 40 heavy (non-hydrogen) atoms. The summed E-state index contributed by atoms with van der Waals surface area (Å²) in [5.41, 5.74) is -0.360. The number of carbonyl (C=O) groups is 1. The minimum Gasteiger partial charge on any atom is -0.495 e. The fourth-order valence-corrected chi connectivity index (χ4v) is 5.72. The molecule has 13 heteroatoms. The molecule has 0 aliphatic heterocycles. The SMILES string of the molecule is C=S(C)(=O)N(C)[C@@H]1CCCC[C@H]1Cc1nc(Nc2cc(C(=O)NCCN(C)C)ccc2OC)ncc1C(F)(F)F. The van der Waals surface area contributed by atoms with Crippen molar-refractivity contribution in [3.8, 4) is 5.75 Å². The molecule has 1 aromatic carbocycles. The standard InChI is InChI=1S/C27H39F3N6O3S/c1-35(2)14-13-31-25(37)19-11-12-24(39-4)22(16-19)34-26-32-17-20(27(28,29)30)21(33-26)15-18-9-7-8-10-23(18)36(3)40(5,6)38/h11-12,16-18,23H,5,7-10,13-15H2,1-4,6H3,(H,31,37)(H,32,33,34)/t18-,23+,40?/m0/s1. The number of hydrogen-bond donors (Lipinski definition) is 2. The van der Waals surface area contributed by atoms with E-state index in [0.29, 0.717) is 36.5 Å². The summed E-state index contributed by atoms with van der Waals surface area (Å²) >= 11 is 0. The summed E-state index contributed by atoms with van der Waals surface area (Å²) in [5.74, 6) is 3.59. The van der Waals surface area contributed by atoms with Crippen LogP contribution in [0.15, 0.2) is 24.4 Å². The van der Waals surface area contributed by atoms with Crippen LogP contribution in [-0.2, 0) is 22.3 Å². The zero-order valence-corrected chi connectivity index (χ0v) is 24.5. The van der Waals surface area contributed by atoms with Crippen LogP contribution in [0.25, 0.3) is 0 Å². The monoisotopic (exact) mass is 584 g/mol. The van der Waals surface area contributed by atoms with Gasteiger partial charge in [0.1, 0.15) is 5.75 Å². The van der Waals surface area contributed by atoms with Gasteiger partial charge in [-0.2, -0.15) is 13.2 Å². The number of aromatic nitrogens is 2. The molecule has 3 rings (SSSR count). The molecule has 2 aromatic rings. The van der Waals surface area contributed by atoms with Gasteiger partial charge in [0.2, 0.25) is 5.95 Å². The Kier molecular flexibility index (Phi) is 10.4. The van der Waals surface area contributed by atoms with Gasteiger partial charge < -0.3 is 20.3 Å². The van der Waals surface area contributed by atoms with Gasteiger partial charge in [-0.1, -0.05) is 12.8 Å². The Morgan fingerprint density at radius 1 is 1.23 bits per heavy atom. The summed E-state index contributed by atoms with van der Waals surface area (Å²) in [6, 6.07) is 4.56. The number of methoxy groups -OCH3 is 1. The molecule has 0 bridgehead atoms. The van der Waals surface area contributed by atoms with E-state index in [1.165, 1.54) is 13.4 Å². The highest BCUT2D eigenvalue weighted by molar-refractivity contribution is 7.97. The second-order valence-corrected chi connectivity index (χ2v) is 13.0. The van der Waals surface area contributed by atoms with Gasteiger partial charge in [-0.3, -0.25) is 9.00 Å². The number of ether oxygens (including phenoxy) is 1. The molecule has 3 atom stereocenters. The van der Waals surface area contributed by atoms with Crippen molar-refractivity contribution in [3.63, 3.8) is 0 Å². The number of amides is 1. The van der Waals surface area contributed by atoms with Crippen LogP contribution >= 0.6 is 0 Å². The number of halogens is 3. The summed E-state index contributed by atoms with van der Waals surface area (Å²) in [7, 11) is 4.43. The van der Waals surface area contributed by atoms with Gasteiger partial charge in [0.05, 0.1) is 24.1 Å². The lowest BCUT2D eigenvalue weighted by Gasteiger charge is -2.38. The van der Waals surface area contributed by atoms with Crippen LogP contribution in [-0.4, -0.2) is 88.8 Å². The normalized spacial score (nSPS) is 19.4. The summed E-state index contributed by atoms with van der Waals surface area (Å²) in [6.07, 6.45) is 0.904. The number of benzene rings is 1. The highest BCUT2D eigenvalue weighted by Gasteiger charge is 2.38. The number of hydrogen-bond acceptors (Lipinski definition) is 7. The molecule has 0 spiro atoms. The first-order valence-corrected chi connectivity index (χ1v) is 15.2. The molecule has 222 valence electrons. The molecule has 1 unspecified atom stereocenters. The zero-order valence-electron chi connectivity index (χ0n) is 23.7. The van der Waals surface area contributed by atoms with Crippen LogP contribution in [0.1, 0.15) is 47.3 Å². The molecular weight excluding hydrogens is 545 g/mol. The van der Waals surface area contributed by atoms with Crippen LogP contribution < -0.4 is 15.4 Å². The molecule has 0 saturated heterocycles. The Hall–Kier alpha value is -2.90. The largest absolute Gasteiger partial charge is 0.495 e. The van der Waals surface area contributed by atoms with Gasteiger partial charge in [0, 0.05) is 46.9 Å². The van der Waals surface area contributed by atoms with Gasteiger partial charge in [0.15, 0.2) is 0 Å². The average Bonchev–Trinajstić information content (AvgIpc) is 2.87. The fourth-order valence-electron chi connectivity index (χ4n) is 4.87. The van der Waals surface area contributed by atoms with Gasteiger partial charge in [0.25, 0.3) is 5.91 Å².